The van der Waals surface area contributed by atoms with Crippen molar-refractivity contribution in [3.63, 3.8) is 0 Å². The Bertz CT molecular complexity index is 158. The van der Waals surface area contributed by atoms with Gasteiger partial charge in [0.25, 0.3) is 0 Å². The molecule has 0 aliphatic heterocycles. The molecule has 1 unspecified atom stereocenters. The third kappa shape index (κ3) is 8.59. The molecule has 0 bridgehead atoms. The Labute approximate surface area is 96.8 Å². The van der Waals surface area contributed by atoms with Crippen molar-refractivity contribution in [1.82, 2.24) is 0 Å². The van der Waals surface area contributed by atoms with Crippen LogP contribution in [0.1, 0.15) is 26.2 Å². The summed E-state index contributed by atoms with van der Waals surface area (Å²) in [6.07, 6.45) is -5.28. The molecule has 0 aliphatic carbocycles. The zero-order valence-electron chi connectivity index (χ0n) is 7.65. The summed E-state index contributed by atoms with van der Waals surface area (Å²) >= 11 is 0. The van der Waals surface area contributed by atoms with Crippen LogP contribution in [0.25, 0.3) is 0 Å². The summed E-state index contributed by atoms with van der Waals surface area (Å²) in [7, 11) is 0. The Hall–Kier alpha value is 0.260. The molecule has 0 saturated carbocycles. The second-order valence-electron chi connectivity index (χ2n) is 2.62. The molecule has 2 nitrogen and oxygen atoms in total. The molecule has 0 saturated heterocycles. The Morgan fingerprint density at radius 2 is 1.92 bits per heavy atom. The van der Waals surface area contributed by atoms with E-state index in [-0.39, 0.29) is 36.0 Å². The number of carboxylic acids is 1. The van der Waals surface area contributed by atoms with Crippen molar-refractivity contribution in [2.75, 3.05) is 0 Å². The van der Waals surface area contributed by atoms with Gasteiger partial charge in [0.05, 0.1) is 6.42 Å². The molecule has 0 aromatic heterocycles. The first-order valence-electron chi connectivity index (χ1n) is 3.64. The van der Waals surface area contributed by atoms with Crippen LogP contribution in [-0.4, -0.2) is 12.1 Å². The van der Waals surface area contributed by atoms with Gasteiger partial charge in [0.15, 0.2) is 0 Å². The topological polar surface area (TPSA) is 40.1 Å². The van der Waals surface area contributed by atoms with Crippen molar-refractivity contribution >= 4 is 5.97 Å². The number of hydrogen-bond acceptors (Lipinski definition) is 2. The van der Waals surface area contributed by atoms with Gasteiger partial charge in [-0.15, -0.1) is 0 Å². The summed E-state index contributed by atoms with van der Waals surface area (Å²) in [4.78, 5) is 10.2. The minimum absolute atomic E-state index is 0. The quantitative estimate of drug-likeness (QED) is 0.504. The van der Waals surface area contributed by atoms with E-state index in [1.54, 1.807) is 6.92 Å². The van der Waals surface area contributed by atoms with E-state index in [2.05, 4.69) is 0 Å². The monoisotopic (exact) mass is 206 g/mol. The van der Waals surface area contributed by atoms with Crippen molar-refractivity contribution in [1.29, 1.82) is 0 Å². The second kappa shape index (κ2) is 6.68. The molecule has 0 aromatic rings. The SMILES string of the molecule is CCCC(CC(F)(F)F)C(=O)[O-].[Na+]. The Kier molecular flexibility index (Phi) is 8.07. The van der Waals surface area contributed by atoms with Crippen molar-refractivity contribution in [2.24, 2.45) is 5.92 Å². The van der Waals surface area contributed by atoms with Gasteiger partial charge in [0, 0.05) is 11.9 Å². The van der Waals surface area contributed by atoms with Crippen molar-refractivity contribution < 1.29 is 52.6 Å². The average Bonchev–Trinajstić information content (AvgIpc) is 1.83. The number of halogens is 3. The number of carboxylic acid groups (broad SMARTS) is 1. The third-order valence-electron chi connectivity index (χ3n) is 1.45. The van der Waals surface area contributed by atoms with Crippen LogP contribution >= 0.6 is 0 Å². The van der Waals surface area contributed by atoms with Gasteiger partial charge in [-0.3, -0.25) is 0 Å². The van der Waals surface area contributed by atoms with E-state index in [4.69, 9.17) is 0 Å². The number of rotatable bonds is 4. The predicted molar refractivity (Wildman–Crippen MR) is 34.1 cm³/mol. The van der Waals surface area contributed by atoms with Gasteiger partial charge in [0.2, 0.25) is 0 Å². The van der Waals surface area contributed by atoms with Crippen LogP contribution in [0.2, 0.25) is 0 Å². The first-order chi connectivity index (χ1) is 5.37. The summed E-state index contributed by atoms with van der Waals surface area (Å²) in [5.74, 6) is -3.01. The normalized spacial score (nSPS) is 13.2. The number of hydrogen-bond donors (Lipinski definition) is 0. The summed E-state index contributed by atoms with van der Waals surface area (Å²) in [5.41, 5.74) is 0. The minimum Gasteiger partial charge on any atom is -0.550 e. The Morgan fingerprint density at radius 1 is 1.46 bits per heavy atom. The molecule has 13 heavy (non-hydrogen) atoms. The first kappa shape index (κ1) is 15.7. The molecule has 0 aromatic carbocycles. The van der Waals surface area contributed by atoms with Crippen LogP contribution in [0, 0.1) is 5.92 Å². The summed E-state index contributed by atoms with van der Waals surface area (Å²) in [6.45, 7) is 1.63. The van der Waals surface area contributed by atoms with Crippen LogP contribution in [0.15, 0.2) is 0 Å². The molecule has 0 amide bonds. The van der Waals surface area contributed by atoms with E-state index in [9.17, 15) is 23.1 Å². The Balaban J connectivity index is 0. The molecule has 0 N–H and O–H groups in total. The van der Waals surface area contributed by atoms with Crippen LogP contribution in [-0.2, 0) is 4.79 Å². The van der Waals surface area contributed by atoms with E-state index >= 15 is 0 Å². The van der Waals surface area contributed by atoms with Gasteiger partial charge in [-0.2, -0.15) is 13.2 Å². The molecular weight excluding hydrogens is 196 g/mol. The Morgan fingerprint density at radius 3 is 2.15 bits per heavy atom. The van der Waals surface area contributed by atoms with E-state index in [0.717, 1.165) is 0 Å². The standard InChI is InChI=1S/C7H11F3O2.Na/c1-2-3-5(6(11)12)4-7(8,9)10;/h5H,2-4H2,1H3,(H,11,12);/q;+1/p-1. The van der Waals surface area contributed by atoms with Crippen molar-refractivity contribution in [2.45, 2.75) is 32.4 Å². The van der Waals surface area contributed by atoms with E-state index in [1.165, 1.54) is 0 Å². The zero-order chi connectivity index (χ0) is 9.78. The number of carbonyl (C=O) groups is 1. The molecule has 1 atom stereocenters. The fourth-order valence-electron chi connectivity index (χ4n) is 0.931. The minimum atomic E-state index is -4.42. The van der Waals surface area contributed by atoms with Crippen molar-refractivity contribution in [3.8, 4) is 0 Å². The molecule has 0 heterocycles. The summed E-state index contributed by atoms with van der Waals surface area (Å²) in [6, 6.07) is 0. The predicted octanol–water partition coefficient (Wildman–Crippen LogP) is -1.89. The van der Waals surface area contributed by atoms with Crippen molar-refractivity contribution in [3.05, 3.63) is 0 Å². The maximum absolute atomic E-state index is 11.7. The van der Waals surface area contributed by atoms with Crippen LogP contribution in [0.3, 0.4) is 0 Å². The maximum Gasteiger partial charge on any atom is 1.00 e. The fourth-order valence-corrected chi connectivity index (χ4v) is 0.931. The largest absolute Gasteiger partial charge is 1.00 e. The van der Waals surface area contributed by atoms with Gasteiger partial charge < -0.3 is 9.90 Å². The fraction of sp³-hybridized carbons (Fsp3) is 0.857. The van der Waals surface area contributed by atoms with Crippen LogP contribution in [0.5, 0.6) is 0 Å². The van der Waals surface area contributed by atoms with Crippen LogP contribution < -0.4 is 34.7 Å². The van der Waals surface area contributed by atoms with Gasteiger partial charge in [0.1, 0.15) is 0 Å². The molecular formula is C7H10F3NaO2. The van der Waals surface area contributed by atoms with E-state index in [1.807, 2.05) is 0 Å². The molecule has 0 radical (unpaired) electrons. The maximum atomic E-state index is 11.7. The molecule has 0 aliphatic rings. The molecule has 0 fully saturated rings. The molecule has 0 rings (SSSR count). The van der Waals surface area contributed by atoms with Gasteiger partial charge in [-0.25, -0.2) is 0 Å². The molecule has 72 valence electrons. The average molecular weight is 206 g/mol. The summed E-state index contributed by atoms with van der Waals surface area (Å²) < 4.78 is 35.1. The molecule has 6 heteroatoms. The van der Waals surface area contributed by atoms with Gasteiger partial charge in [-0.05, 0) is 6.42 Å². The molecule has 0 spiro atoms. The summed E-state index contributed by atoms with van der Waals surface area (Å²) in [5, 5.41) is 10.2. The first-order valence-corrected chi connectivity index (χ1v) is 3.64. The second-order valence-corrected chi connectivity index (χ2v) is 2.62. The van der Waals surface area contributed by atoms with E-state index in [0.29, 0.717) is 6.42 Å². The number of alkyl halides is 3. The van der Waals surface area contributed by atoms with E-state index < -0.39 is 24.5 Å². The van der Waals surface area contributed by atoms with Crippen LogP contribution in [0.4, 0.5) is 13.2 Å². The number of aliphatic carboxylic acids is 1. The third-order valence-corrected chi connectivity index (χ3v) is 1.45. The van der Waals surface area contributed by atoms with Gasteiger partial charge >= 0.3 is 35.7 Å². The zero-order valence-corrected chi connectivity index (χ0v) is 9.65. The number of carbonyl (C=O) groups excluding carboxylic acids is 1. The van der Waals surface area contributed by atoms with Gasteiger partial charge in [-0.1, -0.05) is 13.3 Å². The smallest absolute Gasteiger partial charge is 0.550 e.